The van der Waals surface area contributed by atoms with E-state index in [2.05, 4.69) is 5.32 Å². The maximum Gasteiger partial charge on any atom is 0.244 e. The number of sulfonamides is 1. The summed E-state index contributed by atoms with van der Waals surface area (Å²) in [4.78, 5) is 27.8. The number of carbonyl (C=O) groups excluding carboxylic acids is 2. The summed E-state index contributed by atoms with van der Waals surface area (Å²) in [6, 6.07) is 12.6. The largest absolute Gasteiger partial charge is 0.495 e. The maximum absolute atomic E-state index is 13.5. The van der Waals surface area contributed by atoms with Gasteiger partial charge in [0, 0.05) is 17.6 Å². The lowest BCUT2D eigenvalue weighted by atomic mass is 10.1. The second-order valence-corrected chi connectivity index (χ2v) is 10.4. The first-order chi connectivity index (χ1) is 16.0. The van der Waals surface area contributed by atoms with E-state index in [9.17, 15) is 18.0 Å². The minimum atomic E-state index is -3.84. The van der Waals surface area contributed by atoms with Gasteiger partial charge in [-0.05, 0) is 50.1 Å². The number of hydrogen-bond donors (Lipinski definition) is 1. The highest BCUT2D eigenvalue weighted by molar-refractivity contribution is 7.92. The van der Waals surface area contributed by atoms with Crippen molar-refractivity contribution in [2.45, 2.75) is 45.8 Å². The first-order valence-corrected chi connectivity index (χ1v) is 13.2. The molecule has 1 N–H and O–H groups in total. The first-order valence-electron chi connectivity index (χ1n) is 10.9. The van der Waals surface area contributed by atoms with Gasteiger partial charge in [-0.1, -0.05) is 42.8 Å². The van der Waals surface area contributed by atoms with Crippen molar-refractivity contribution < 1.29 is 22.7 Å². The van der Waals surface area contributed by atoms with Gasteiger partial charge in [0.15, 0.2) is 0 Å². The Morgan fingerprint density at radius 1 is 1.09 bits per heavy atom. The third-order valence-electron chi connectivity index (χ3n) is 5.47. The van der Waals surface area contributed by atoms with Crippen LogP contribution in [0.1, 0.15) is 32.8 Å². The zero-order valence-corrected chi connectivity index (χ0v) is 21.7. The average molecular weight is 510 g/mol. The van der Waals surface area contributed by atoms with E-state index in [1.807, 2.05) is 13.8 Å². The van der Waals surface area contributed by atoms with E-state index >= 15 is 0 Å². The Morgan fingerprint density at radius 2 is 1.71 bits per heavy atom. The summed E-state index contributed by atoms with van der Waals surface area (Å²) >= 11 is 5.98. The van der Waals surface area contributed by atoms with E-state index in [1.54, 1.807) is 55.5 Å². The summed E-state index contributed by atoms with van der Waals surface area (Å²) in [7, 11) is -2.41. The van der Waals surface area contributed by atoms with Crippen LogP contribution in [0.4, 0.5) is 5.69 Å². The first kappa shape index (κ1) is 27.5. The summed E-state index contributed by atoms with van der Waals surface area (Å²) in [5.74, 6) is -0.537. The number of nitrogens with zero attached hydrogens (tertiary/aromatic N) is 2. The highest BCUT2D eigenvalue weighted by atomic mass is 35.5. The van der Waals surface area contributed by atoms with Crippen molar-refractivity contribution in [2.24, 2.45) is 0 Å². The molecule has 186 valence electrons. The molecule has 0 radical (unpaired) electrons. The normalized spacial score (nSPS) is 13.0. The van der Waals surface area contributed by atoms with E-state index in [4.69, 9.17) is 16.3 Å². The standard InChI is InChI=1S/C24H32ClN3O5S/c1-6-17(2)26-24(30)18(3)27(15-19-11-13-20(25)14-12-19)23(29)16-28(34(5,31)32)21-9-7-8-10-22(21)33-4/h7-14,17-18H,6,15-16H2,1-5H3,(H,26,30)/t17-,18-/m0/s1. The lowest BCUT2D eigenvalue weighted by molar-refractivity contribution is -0.139. The Morgan fingerprint density at radius 3 is 2.26 bits per heavy atom. The number of benzene rings is 2. The number of hydrogen-bond acceptors (Lipinski definition) is 5. The molecule has 34 heavy (non-hydrogen) atoms. The molecule has 0 aliphatic rings. The van der Waals surface area contributed by atoms with Crippen LogP contribution in [-0.2, 0) is 26.2 Å². The van der Waals surface area contributed by atoms with Crippen molar-refractivity contribution in [1.29, 1.82) is 0 Å². The number of rotatable bonds is 11. The summed E-state index contributed by atoms with van der Waals surface area (Å²) in [6.45, 7) is 5.06. The second kappa shape index (κ2) is 12.1. The minimum absolute atomic E-state index is 0.0662. The number of para-hydroxylation sites is 2. The van der Waals surface area contributed by atoms with E-state index in [1.165, 1.54) is 12.0 Å². The fourth-order valence-electron chi connectivity index (χ4n) is 3.27. The van der Waals surface area contributed by atoms with Crippen molar-refractivity contribution in [3.63, 3.8) is 0 Å². The van der Waals surface area contributed by atoms with Gasteiger partial charge in [0.1, 0.15) is 18.3 Å². The van der Waals surface area contributed by atoms with Crippen LogP contribution in [0.15, 0.2) is 48.5 Å². The van der Waals surface area contributed by atoms with Gasteiger partial charge in [0.2, 0.25) is 21.8 Å². The minimum Gasteiger partial charge on any atom is -0.495 e. The average Bonchev–Trinajstić information content (AvgIpc) is 2.80. The highest BCUT2D eigenvalue weighted by Crippen LogP contribution is 2.29. The van der Waals surface area contributed by atoms with E-state index < -0.39 is 28.5 Å². The predicted octanol–water partition coefficient (Wildman–Crippen LogP) is 3.45. The van der Waals surface area contributed by atoms with Crippen LogP contribution in [0, 0.1) is 0 Å². The van der Waals surface area contributed by atoms with E-state index in [0.717, 1.165) is 22.5 Å². The smallest absolute Gasteiger partial charge is 0.244 e. The molecule has 2 aromatic rings. The van der Waals surface area contributed by atoms with Gasteiger partial charge in [-0.15, -0.1) is 0 Å². The number of methoxy groups -OCH3 is 1. The quantitative estimate of drug-likeness (QED) is 0.500. The van der Waals surface area contributed by atoms with Crippen molar-refractivity contribution in [3.8, 4) is 5.75 Å². The Balaban J connectivity index is 2.41. The summed E-state index contributed by atoms with van der Waals surface area (Å²) in [5.41, 5.74) is 0.994. The highest BCUT2D eigenvalue weighted by Gasteiger charge is 2.31. The summed E-state index contributed by atoms with van der Waals surface area (Å²) in [6.07, 6.45) is 1.76. The van der Waals surface area contributed by atoms with Crippen LogP contribution in [-0.4, -0.2) is 57.1 Å². The number of ether oxygens (including phenoxy) is 1. The SMILES string of the molecule is CC[C@H](C)NC(=O)[C@H](C)N(Cc1ccc(Cl)cc1)C(=O)CN(c1ccccc1OC)S(C)(=O)=O. The molecular formula is C24H32ClN3O5S. The monoisotopic (exact) mass is 509 g/mol. The fourth-order valence-corrected chi connectivity index (χ4v) is 4.24. The van der Waals surface area contributed by atoms with Crippen molar-refractivity contribution in [2.75, 3.05) is 24.2 Å². The van der Waals surface area contributed by atoms with E-state index in [0.29, 0.717) is 10.8 Å². The lowest BCUT2D eigenvalue weighted by Crippen LogP contribution is -2.52. The van der Waals surface area contributed by atoms with Crippen LogP contribution < -0.4 is 14.4 Å². The van der Waals surface area contributed by atoms with E-state index in [-0.39, 0.29) is 24.2 Å². The van der Waals surface area contributed by atoms with Crippen molar-refractivity contribution in [3.05, 3.63) is 59.1 Å². The molecule has 0 aliphatic carbocycles. The van der Waals surface area contributed by atoms with Gasteiger partial charge in [-0.3, -0.25) is 13.9 Å². The summed E-state index contributed by atoms with van der Waals surface area (Å²) < 4.78 is 31.6. The second-order valence-electron chi connectivity index (χ2n) is 8.08. The molecule has 0 saturated heterocycles. The molecule has 0 aromatic heterocycles. The molecule has 0 bridgehead atoms. The third-order valence-corrected chi connectivity index (χ3v) is 6.85. The molecule has 8 nitrogen and oxygen atoms in total. The zero-order chi connectivity index (χ0) is 25.5. The van der Waals surface area contributed by atoms with Crippen LogP contribution in [0.25, 0.3) is 0 Å². The number of halogens is 1. The maximum atomic E-state index is 13.5. The molecule has 2 atom stereocenters. The van der Waals surface area contributed by atoms with Crippen LogP contribution >= 0.6 is 11.6 Å². The fraction of sp³-hybridized carbons (Fsp3) is 0.417. The number of anilines is 1. The Bertz CT molecular complexity index is 1090. The molecule has 0 fully saturated rings. The molecule has 0 unspecified atom stereocenters. The molecular weight excluding hydrogens is 478 g/mol. The Hall–Kier alpha value is -2.78. The van der Waals surface area contributed by atoms with Gasteiger partial charge < -0.3 is 15.0 Å². The number of amides is 2. The number of carbonyl (C=O) groups is 2. The zero-order valence-electron chi connectivity index (χ0n) is 20.1. The van der Waals surface area contributed by atoms with Gasteiger partial charge >= 0.3 is 0 Å². The molecule has 10 heteroatoms. The lowest BCUT2D eigenvalue weighted by Gasteiger charge is -2.32. The Kier molecular flexibility index (Phi) is 9.76. The van der Waals surface area contributed by atoms with Gasteiger partial charge in [0.05, 0.1) is 19.1 Å². The third kappa shape index (κ3) is 7.36. The van der Waals surface area contributed by atoms with Crippen LogP contribution in [0.2, 0.25) is 5.02 Å². The molecule has 0 aliphatic heterocycles. The van der Waals surface area contributed by atoms with Gasteiger partial charge in [0.25, 0.3) is 0 Å². The molecule has 0 heterocycles. The molecule has 2 rings (SSSR count). The summed E-state index contributed by atoms with van der Waals surface area (Å²) in [5, 5.41) is 3.43. The molecule has 2 aromatic carbocycles. The molecule has 2 amide bonds. The van der Waals surface area contributed by atoms with Crippen LogP contribution in [0.3, 0.4) is 0 Å². The number of nitrogens with one attached hydrogen (secondary N) is 1. The predicted molar refractivity (Wildman–Crippen MR) is 135 cm³/mol. The molecule has 0 saturated carbocycles. The van der Waals surface area contributed by atoms with Crippen molar-refractivity contribution >= 4 is 39.1 Å². The van der Waals surface area contributed by atoms with Crippen LogP contribution in [0.5, 0.6) is 5.75 Å². The Labute approximate surface area is 206 Å². The topological polar surface area (TPSA) is 96.0 Å². The van der Waals surface area contributed by atoms with Gasteiger partial charge in [-0.25, -0.2) is 8.42 Å². The van der Waals surface area contributed by atoms with Crippen molar-refractivity contribution in [1.82, 2.24) is 10.2 Å². The molecule has 0 spiro atoms. The van der Waals surface area contributed by atoms with Gasteiger partial charge in [-0.2, -0.15) is 0 Å².